The zero-order chi connectivity index (χ0) is 23.1. The van der Waals surface area contributed by atoms with Crippen LogP contribution in [-0.4, -0.2) is 55.8 Å². The molecule has 1 heterocycles. The molecule has 0 aromatic heterocycles. The monoisotopic (exact) mass is 479 g/mol. The van der Waals surface area contributed by atoms with Crippen LogP contribution in [0.1, 0.15) is 46.4 Å². The van der Waals surface area contributed by atoms with E-state index in [2.05, 4.69) is 10.6 Å². The quantitative estimate of drug-likeness (QED) is 0.503. The van der Waals surface area contributed by atoms with Gasteiger partial charge in [0, 0.05) is 37.3 Å². The number of halogens is 1. The maximum Gasteiger partial charge on any atom is 0.251 e. The van der Waals surface area contributed by atoms with Gasteiger partial charge in [-0.05, 0) is 55.7 Å². The average Bonchev–Trinajstić information content (AvgIpc) is 2.79. The minimum Gasteiger partial charge on any atom is -0.508 e. The fourth-order valence-electron chi connectivity index (χ4n) is 3.43. The van der Waals surface area contributed by atoms with Gasteiger partial charge in [0.15, 0.2) is 0 Å². The largest absolute Gasteiger partial charge is 0.508 e. The molecule has 2 amide bonds. The molecule has 10 heteroatoms. The second-order valence-electron chi connectivity index (χ2n) is 7.53. The number of nitrogens with one attached hydrogen (secondary N) is 2. The summed E-state index contributed by atoms with van der Waals surface area (Å²) in [4.78, 5) is 24.5. The van der Waals surface area contributed by atoms with E-state index in [0.29, 0.717) is 31.6 Å². The van der Waals surface area contributed by atoms with E-state index < -0.39 is 15.9 Å². The number of aromatic hydroxyl groups is 1. The van der Waals surface area contributed by atoms with E-state index in [0.717, 1.165) is 19.3 Å². The zero-order valence-corrected chi connectivity index (χ0v) is 19.1. The van der Waals surface area contributed by atoms with Crippen LogP contribution in [0.3, 0.4) is 0 Å². The second kappa shape index (κ2) is 10.8. The highest BCUT2D eigenvalue weighted by Crippen LogP contribution is 2.27. The van der Waals surface area contributed by atoms with Crippen molar-refractivity contribution in [1.29, 1.82) is 0 Å². The number of nitrogens with zero attached hydrogens (tertiary/aromatic N) is 1. The normalized spacial score (nSPS) is 14.7. The Bertz CT molecular complexity index is 1080. The van der Waals surface area contributed by atoms with Crippen LogP contribution in [0, 0.1) is 0 Å². The molecular formula is C22H26ClN3O5S. The SMILES string of the molecule is O=C(NCCCNC(=O)c1ccc(Cl)c(S(=O)(=O)N2CCCCC2)c1)c1cccc(O)c1. The molecule has 3 N–H and O–H groups in total. The van der Waals surface area contributed by atoms with Crippen molar-refractivity contribution in [2.24, 2.45) is 0 Å². The Hall–Kier alpha value is -2.62. The molecule has 0 bridgehead atoms. The van der Waals surface area contributed by atoms with E-state index in [4.69, 9.17) is 11.6 Å². The summed E-state index contributed by atoms with van der Waals surface area (Å²) in [7, 11) is -3.76. The highest BCUT2D eigenvalue weighted by molar-refractivity contribution is 7.89. The van der Waals surface area contributed by atoms with Gasteiger partial charge < -0.3 is 15.7 Å². The summed E-state index contributed by atoms with van der Waals surface area (Å²) in [5, 5.41) is 14.9. The number of carbonyl (C=O) groups excluding carboxylic acids is 2. The predicted molar refractivity (Wildman–Crippen MR) is 121 cm³/mol. The zero-order valence-electron chi connectivity index (χ0n) is 17.5. The summed E-state index contributed by atoms with van der Waals surface area (Å²) >= 11 is 6.15. The number of phenolic OH excluding ortho intramolecular Hbond substituents is 1. The summed E-state index contributed by atoms with van der Waals surface area (Å²) in [5.74, 6) is -0.733. The van der Waals surface area contributed by atoms with E-state index in [9.17, 15) is 23.1 Å². The lowest BCUT2D eigenvalue weighted by Gasteiger charge is -2.26. The number of benzene rings is 2. The van der Waals surface area contributed by atoms with Gasteiger partial charge in [0.2, 0.25) is 10.0 Å². The molecule has 1 aliphatic rings. The highest BCUT2D eigenvalue weighted by atomic mass is 35.5. The summed E-state index contributed by atoms with van der Waals surface area (Å²) < 4.78 is 27.3. The van der Waals surface area contributed by atoms with Crippen molar-refractivity contribution < 1.29 is 23.1 Å². The van der Waals surface area contributed by atoms with Gasteiger partial charge in [-0.15, -0.1) is 0 Å². The number of piperidine rings is 1. The number of sulfonamides is 1. The second-order valence-corrected chi connectivity index (χ2v) is 9.84. The van der Waals surface area contributed by atoms with Crippen LogP contribution < -0.4 is 10.6 Å². The van der Waals surface area contributed by atoms with E-state index >= 15 is 0 Å². The summed E-state index contributed by atoms with van der Waals surface area (Å²) in [6.07, 6.45) is 3.08. The molecule has 0 spiro atoms. The molecule has 0 aliphatic carbocycles. The number of hydrogen-bond donors (Lipinski definition) is 3. The lowest BCUT2D eigenvalue weighted by Crippen LogP contribution is -2.36. The van der Waals surface area contributed by atoms with Crippen molar-refractivity contribution in [2.75, 3.05) is 26.2 Å². The van der Waals surface area contributed by atoms with Gasteiger partial charge in [-0.25, -0.2) is 8.42 Å². The van der Waals surface area contributed by atoms with Crippen LogP contribution in [-0.2, 0) is 10.0 Å². The maximum absolute atomic E-state index is 12.9. The van der Waals surface area contributed by atoms with Gasteiger partial charge in [-0.3, -0.25) is 9.59 Å². The van der Waals surface area contributed by atoms with Crippen LogP contribution in [0.5, 0.6) is 5.75 Å². The van der Waals surface area contributed by atoms with E-state index in [1.165, 1.54) is 34.6 Å². The number of carbonyl (C=O) groups is 2. The standard InChI is InChI=1S/C22H26ClN3O5S/c23-19-9-8-17(15-20(19)32(30,31)26-12-2-1-3-13-26)22(29)25-11-5-10-24-21(28)16-6-4-7-18(27)14-16/h4,6-9,14-15,27H,1-3,5,10-13H2,(H,24,28)(H,25,29). The third-order valence-electron chi connectivity index (χ3n) is 5.16. The first-order chi connectivity index (χ1) is 15.3. The van der Waals surface area contributed by atoms with Gasteiger partial charge in [0.1, 0.15) is 10.6 Å². The Morgan fingerprint density at radius 3 is 2.19 bits per heavy atom. The summed E-state index contributed by atoms with van der Waals surface area (Å²) in [6.45, 7) is 1.51. The van der Waals surface area contributed by atoms with Crippen molar-refractivity contribution in [1.82, 2.24) is 14.9 Å². The molecule has 0 saturated carbocycles. The molecule has 1 saturated heterocycles. The molecule has 1 fully saturated rings. The van der Waals surface area contributed by atoms with Crippen LogP contribution in [0.25, 0.3) is 0 Å². The molecule has 0 atom stereocenters. The molecule has 0 unspecified atom stereocenters. The molecule has 0 radical (unpaired) electrons. The maximum atomic E-state index is 12.9. The summed E-state index contributed by atoms with van der Waals surface area (Å²) in [5.41, 5.74) is 0.548. The first kappa shape index (κ1) is 24.0. The Kier molecular flexibility index (Phi) is 8.11. The number of amides is 2. The molecule has 2 aromatic rings. The Balaban J connectivity index is 1.53. The van der Waals surface area contributed by atoms with Crippen molar-refractivity contribution >= 4 is 33.4 Å². The Morgan fingerprint density at radius 2 is 1.56 bits per heavy atom. The molecule has 32 heavy (non-hydrogen) atoms. The van der Waals surface area contributed by atoms with Crippen LogP contribution >= 0.6 is 11.6 Å². The topological polar surface area (TPSA) is 116 Å². The van der Waals surface area contributed by atoms with Crippen molar-refractivity contribution in [2.45, 2.75) is 30.6 Å². The Morgan fingerprint density at radius 1 is 0.938 bits per heavy atom. The first-order valence-corrected chi connectivity index (χ1v) is 12.3. The average molecular weight is 480 g/mol. The van der Waals surface area contributed by atoms with Gasteiger partial charge in [-0.2, -0.15) is 4.31 Å². The van der Waals surface area contributed by atoms with Gasteiger partial charge in [0.05, 0.1) is 5.02 Å². The van der Waals surface area contributed by atoms with Crippen LogP contribution in [0.4, 0.5) is 0 Å². The highest BCUT2D eigenvalue weighted by Gasteiger charge is 2.28. The lowest BCUT2D eigenvalue weighted by molar-refractivity contribution is 0.0951. The predicted octanol–water partition coefficient (Wildman–Crippen LogP) is 2.77. The minimum absolute atomic E-state index is 0.00884. The number of phenols is 1. The molecule has 1 aliphatic heterocycles. The third kappa shape index (κ3) is 5.99. The third-order valence-corrected chi connectivity index (χ3v) is 7.54. The number of hydrogen-bond acceptors (Lipinski definition) is 5. The fourth-order valence-corrected chi connectivity index (χ4v) is 5.45. The molecule has 2 aromatic carbocycles. The van der Waals surface area contributed by atoms with Crippen LogP contribution in [0.2, 0.25) is 5.02 Å². The van der Waals surface area contributed by atoms with Crippen molar-refractivity contribution in [3.63, 3.8) is 0 Å². The Labute approximate surface area is 192 Å². The lowest BCUT2D eigenvalue weighted by atomic mass is 10.2. The molecular weight excluding hydrogens is 454 g/mol. The smallest absolute Gasteiger partial charge is 0.251 e. The van der Waals surface area contributed by atoms with E-state index in [-0.39, 0.29) is 33.7 Å². The van der Waals surface area contributed by atoms with Gasteiger partial charge >= 0.3 is 0 Å². The minimum atomic E-state index is -3.76. The van der Waals surface area contributed by atoms with Gasteiger partial charge in [-0.1, -0.05) is 24.1 Å². The number of rotatable bonds is 8. The molecule has 3 rings (SSSR count). The fraction of sp³-hybridized carbons (Fsp3) is 0.364. The van der Waals surface area contributed by atoms with E-state index in [1.54, 1.807) is 12.1 Å². The first-order valence-electron chi connectivity index (χ1n) is 10.4. The van der Waals surface area contributed by atoms with Gasteiger partial charge in [0.25, 0.3) is 11.8 Å². The summed E-state index contributed by atoms with van der Waals surface area (Å²) in [6, 6.07) is 10.2. The van der Waals surface area contributed by atoms with E-state index in [1.807, 2.05) is 0 Å². The van der Waals surface area contributed by atoms with Crippen LogP contribution in [0.15, 0.2) is 47.4 Å². The van der Waals surface area contributed by atoms with Crippen molar-refractivity contribution in [3.05, 3.63) is 58.6 Å². The van der Waals surface area contributed by atoms with Crippen molar-refractivity contribution in [3.8, 4) is 5.75 Å². The molecule has 172 valence electrons. The molecule has 8 nitrogen and oxygen atoms in total.